The van der Waals surface area contributed by atoms with Crippen molar-refractivity contribution in [3.05, 3.63) is 22.7 Å². The third kappa shape index (κ3) is 5.73. The summed E-state index contributed by atoms with van der Waals surface area (Å²) in [5.74, 6) is 0.734. The number of rotatable bonds is 10. The Balaban J connectivity index is 2.70. The highest BCUT2D eigenvalue weighted by molar-refractivity contribution is 6.32. The fourth-order valence-electron chi connectivity index (χ4n) is 1.82. The molecule has 0 saturated carbocycles. The first kappa shape index (κ1) is 18.6. The third-order valence-corrected chi connectivity index (χ3v) is 3.18. The highest BCUT2D eigenvalue weighted by atomic mass is 35.5. The van der Waals surface area contributed by atoms with Crippen LogP contribution >= 0.6 is 11.6 Å². The minimum Gasteiger partial charge on any atom is -0.493 e. The summed E-state index contributed by atoms with van der Waals surface area (Å²) >= 11 is 6.19. The van der Waals surface area contributed by atoms with Crippen molar-refractivity contribution in [2.75, 3.05) is 33.5 Å². The van der Waals surface area contributed by atoms with Gasteiger partial charge in [-0.1, -0.05) is 18.5 Å². The van der Waals surface area contributed by atoms with Crippen LogP contribution in [-0.2, 0) is 4.74 Å². The lowest BCUT2D eigenvalue weighted by Crippen LogP contribution is -2.25. The van der Waals surface area contributed by atoms with E-state index in [9.17, 15) is 4.79 Å². The third-order valence-electron chi connectivity index (χ3n) is 2.90. The van der Waals surface area contributed by atoms with Crippen LogP contribution in [0.5, 0.6) is 11.5 Å². The number of carbonyl (C=O) groups is 1. The number of nitrogens with one attached hydrogen (secondary N) is 1. The smallest absolute Gasteiger partial charge is 0.251 e. The molecule has 124 valence electrons. The molecule has 0 saturated heterocycles. The van der Waals surface area contributed by atoms with E-state index in [2.05, 4.69) is 5.32 Å². The lowest BCUT2D eigenvalue weighted by Gasteiger charge is -2.13. The van der Waals surface area contributed by atoms with Gasteiger partial charge in [0.1, 0.15) is 0 Å². The summed E-state index contributed by atoms with van der Waals surface area (Å²) in [6.07, 6.45) is 1.63. The van der Waals surface area contributed by atoms with E-state index in [1.54, 1.807) is 12.1 Å². The molecular weight excluding hydrogens is 306 g/mol. The van der Waals surface area contributed by atoms with Crippen molar-refractivity contribution < 1.29 is 19.0 Å². The maximum Gasteiger partial charge on any atom is 0.251 e. The van der Waals surface area contributed by atoms with Crippen LogP contribution in [0.3, 0.4) is 0 Å². The Morgan fingerprint density at radius 3 is 2.68 bits per heavy atom. The summed E-state index contributed by atoms with van der Waals surface area (Å²) in [5.41, 5.74) is 0.446. The van der Waals surface area contributed by atoms with Crippen molar-refractivity contribution in [3.8, 4) is 11.5 Å². The van der Waals surface area contributed by atoms with Crippen molar-refractivity contribution in [3.63, 3.8) is 0 Å². The van der Waals surface area contributed by atoms with E-state index in [4.69, 9.17) is 25.8 Å². The van der Waals surface area contributed by atoms with Gasteiger partial charge in [-0.15, -0.1) is 0 Å². The summed E-state index contributed by atoms with van der Waals surface area (Å²) in [6, 6.07) is 3.22. The maximum absolute atomic E-state index is 12.1. The molecule has 0 aromatic heterocycles. The largest absolute Gasteiger partial charge is 0.493 e. The number of ether oxygens (including phenoxy) is 3. The highest BCUT2D eigenvalue weighted by Crippen LogP contribution is 2.36. The zero-order valence-electron chi connectivity index (χ0n) is 13.4. The second-order valence-corrected chi connectivity index (χ2v) is 5.05. The molecule has 6 heteroatoms. The summed E-state index contributed by atoms with van der Waals surface area (Å²) in [6.45, 7) is 6.34. The first-order valence-electron chi connectivity index (χ1n) is 7.50. The molecule has 0 aliphatic heterocycles. The minimum atomic E-state index is -0.196. The topological polar surface area (TPSA) is 56.8 Å². The maximum atomic E-state index is 12.1. The summed E-state index contributed by atoms with van der Waals surface area (Å²) < 4.78 is 16.0. The Hall–Kier alpha value is -1.46. The monoisotopic (exact) mass is 329 g/mol. The van der Waals surface area contributed by atoms with Crippen LogP contribution in [0.1, 0.15) is 37.0 Å². The van der Waals surface area contributed by atoms with Gasteiger partial charge in [-0.3, -0.25) is 4.79 Å². The fraction of sp³-hybridized carbons (Fsp3) is 0.562. The predicted octanol–water partition coefficient (Wildman–Crippen LogP) is 3.29. The van der Waals surface area contributed by atoms with Gasteiger partial charge in [0, 0.05) is 25.3 Å². The molecule has 0 atom stereocenters. The molecule has 22 heavy (non-hydrogen) atoms. The quantitative estimate of drug-likeness (QED) is 0.669. The molecule has 0 fully saturated rings. The van der Waals surface area contributed by atoms with Crippen LogP contribution in [0.15, 0.2) is 12.1 Å². The predicted molar refractivity (Wildman–Crippen MR) is 87.2 cm³/mol. The van der Waals surface area contributed by atoms with Crippen molar-refractivity contribution >= 4 is 17.5 Å². The van der Waals surface area contributed by atoms with Crippen LogP contribution in [0, 0.1) is 0 Å². The van der Waals surface area contributed by atoms with Crippen molar-refractivity contribution in [1.29, 1.82) is 0 Å². The molecular formula is C16H24ClNO4. The van der Waals surface area contributed by atoms with Gasteiger partial charge in [0.2, 0.25) is 0 Å². The molecule has 0 unspecified atom stereocenters. The fourth-order valence-corrected chi connectivity index (χ4v) is 2.08. The summed E-state index contributed by atoms with van der Waals surface area (Å²) in [7, 11) is 1.52. The summed E-state index contributed by atoms with van der Waals surface area (Å²) in [4.78, 5) is 12.1. The van der Waals surface area contributed by atoms with Gasteiger partial charge in [-0.25, -0.2) is 0 Å². The first-order valence-corrected chi connectivity index (χ1v) is 7.88. The van der Waals surface area contributed by atoms with Crippen molar-refractivity contribution in [1.82, 2.24) is 5.32 Å². The Labute approximate surface area is 136 Å². The molecule has 0 aliphatic carbocycles. The standard InChI is InChI=1S/C16H24ClNO4/c1-4-8-22-15-13(17)10-12(11-14(15)20-3)16(19)18-7-6-9-21-5-2/h10-11H,4-9H2,1-3H3,(H,18,19). The van der Waals surface area contributed by atoms with Crippen LogP contribution in [-0.4, -0.2) is 39.4 Å². The van der Waals surface area contributed by atoms with Crippen LogP contribution in [0.4, 0.5) is 0 Å². The SMILES string of the molecule is CCCOc1c(Cl)cc(C(=O)NCCCOCC)cc1OC. The minimum absolute atomic E-state index is 0.196. The second-order valence-electron chi connectivity index (χ2n) is 4.64. The lowest BCUT2D eigenvalue weighted by molar-refractivity contribution is 0.0944. The molecule has 0 aliphatic rings. The number of halogens is 1. The van der Waals surface area contributed by atoms with Gasteiger partial charge in [0.25, 0.3) is 5.91 Å². The zero-order valence-corrected chi connectivity index (χ0v) is 14.2. The number of hydrogen-bond donors (Lipinski definition) is 1. The van der Waals surface area contributed by atoms with E-state index in [0.717, 1.165) is 12.8 Å². The molecule has 5 nitrogen and oxygen atoms in total. The molecule has 1 rings (SSSR count). The number of carbonyl (C=O) groups excluding carboxylic acids is 1. The van der Waals surface area contributed by atoms with Crippen molar-refractivity contribution in [2.45, 2.75) is 26.7 Å². The molecule has 0 radical (unpaired) electrons. The van der Waals surface area contributed by atoms with E-state index in [1.165, 1.54) is 7.11 Å². The van der Waals surface area contributed by atoms with Gasteiger partial charge >= 0.3 is 0 Å². The number of methoxy groups -OCH3 is 1. The van der Waals surface area contributed by atoms with Gasteiger partial charge in [0.05, 0.1) is 18.7 Å². The normalized spacial score (nSPS) is 10.4. The number of benzene rings is 1. The van der Waals surface area contributed by atoms with Gasteiger partial charge in [-0.05, 0) is 31.9 Å². The van der Waals surface area contributed by atoms with Crippen molar-refractivity contribution in [2.24, 2.45) is 0 Å². The van der Waals surface area contributed by atoms with E-state index in [1.807, 2.05) is 13.8 Å². The zero-order chi connectivity index (χ0) is 16.4. The van der Waals surface area contributed by atoms with Crippen LogP contribution in [0.25, 0.3) is 0 Å². The van der Waals surface area contributed by atoms with Gasteiger partial charge in [-0.2, -0.15) is 0 Å². The number of amides is 1. The van der Waals surface area contributed by atoms with E-state index >= 15 is 0 Å². The van der Waals surface area contributed by atoms with E-state index in [0.29, 0.717) is 48.5 Å². The van der Waals surface area contributed by atoms with E-state index < -0.39 is 0 Å². The Bertz CT molecular complexity index is 479. The van der Waals surface area contributed by atoms with Gasteiger partial charge in [0.15, 0.2) is 11.5 Å². The average molecular weight is 330 g/mol. The Kier molecular flexibility index (Phi) is 8.70. The highest BCUT2D eigenvalue weighted by Gasteiger charge is 2.15. The summed E-state index contributed by atoms with van der Waals surface area (Å²) in [5, 5.41) is 3.19. The molecule has 0 spiro atoms. The van der Waals surface area contributed by atoms with E-state index in [-0.39, 0.29) is 5.91 Å². The Morgan fingerprint density at radius 1 is 1.27 bits per heavy atom. The molecule has 1 aromatic rings. The molecule has 1 amide bonds. The molecule has 0 heterocycles. The average Bonchev–Trinajstić information content (AvgIpc) is 2.52. The first-order chi connectivity index (χ1) is 10.6. The van der Waals surface area contributed by atoms with Crippen LogP contribution in [0.2, 0.25) is 5.02 Å². The number of hydrogen-bond acceptors (Lipinski definition) is 4. The molecule has 1 N–H and O–H groups in total. The van der Waals surface area contributed by atoms with Gasteiger partial charge < -0.3 is 19.5 Å². The molecule has 0 bridgehead atoms. The lowest BCUT2D eigenvalue weighted by atomic mass is 10.2. The Morgan fingerprint density at radius 2 is 2.05 bits per heavy atom. The molecule has 1 aromatic carbocycles. The second kappa shape index (κ2) is 10.3. The van der Waals surface area contributed by atoms with Crippen LogP contribution < -0.4 is 14.8 Å².